The molecule has 1 aliphatic heterocycles. The Hall–Kier alpha value is -1.95. The van der Waals surface area contributed by atoms with Crippen LogP contribution < -0.4 is 11.1 Å². The van der Waals surface area contributed by atoms with E-state index in [-0.39, 0.29) is 11.9 Å². The Labute approximate surface area is 128 Å². The predicted molar refractivity (Wildman–Crippen MR) is 83.0 cm³/mol. The van der Waals surface area contributed by atoms with Crippen LogP contribution in [0.3, 0.4) is 0 Å². The highest BCUT2D eigenvalue weighted by Crippen LogP contribution is 2.24. The van der Waals surface area contributed by atoms with Crippen LogP contribution in [0, 0.1) is 5.92 Å². The molecule has 0 radical (unpaired) electrons. The van der Waals surface area contributed by atoms with Crippen LogP contribution in [0.4, 0.5) is 10.5 Å². The molecule has 0 aliphatic carbocycles. The van der Waals surface area contributed by atoms with Gasteiger partial charge >= 0.3 is 6.03 Å². The number of rotatable bonds is 2. The molecule has 0 saturated carbocycles. The van der Waals surface area contributed by atoms with E-state index in [2.05, 4.69) is 17.4 Å². The van der Waals surface area contributed by atoms with Gasteiger partial charge in [0.2, 0.25) is 0 Å². The van der Waals surface area contributed by atoms with Gasteiger partial charge in [0.25, 0.3) is 0 Å². The monoisotopic (exact) mass is 310 g/mol. The number of hydrogen-bond acceptors (Lipinski definition) is 3. The number of amidine groups is 1. The topological polar surface area (TPSA) is 91.0 Å². The van der Waals surface area contributed by atoms with Gasteiger partial charge in [-0.1, -0.05) is 23.7 Å². The van der Waals surface area contributed by atoms with Crippen molar-refractivity contribution < 1.29 is 10.0 Å². The molecule has 21 heavy (non-hydrogen) atoms. The summed E-state index contributed by atoms with van der Waals surface area (Å²) in [6, 6.07) is 4.67. The molecular weight excluding hydrogens is 292 g/mol. The Bertz CT molecular complexity index is 562. The molecular formula is C14H19ClN4O2. The van der Waals surface area contributed by atoms with Crippen molar-refractivity contribution in [2.45, 2.75) is 19.8 Å². The lowest BCUT2D eigenvalue weighted by Gasteiger charge is -2.31. The van der Waals surface area contributed by atoms with Crippen LogP contribution in [-0.4, -0.2) is 35.1 Å². The van der Waals surface area contributed by atoms with E-state index < -0.39 is 0 Å². The average molecular weight is 311 g/mol. The second-order valence-electron chi connectivity index (χ2n) is 5.30. The largest absolute Gasteiger partial charge is 0.409 e. The smallest absolute Gasteiger partial charge is 0.321 e. The molecule has 1 atom stereocenters. The summed E-state index contributed by atoms with van der Waals surface area (Å²) in [6.45, 7) is 3.65. The Kier molecular flexibility index (Phi) is 4.90. The Morgan fingerprint density at radius 3 is 2.95 bits per heavy atom. The molecule has 1 heterocycles. The maximum Gasteiger partial charge on any atom is 0.321 e. The normalized spacial score (nSPS) is 19.4. The molecule has 2 amide bonds. The maximum atomic E-state index is 12.2. The van der Waals surface area contributed by atoms with E-state index in [1.807, 2.05) is 0 Å². The summed E-state index contributed by atoms with van der Waals surface area (Å²) in [6.07, 6.45) is 2.17. The number of piperidine rings is 1. The zero-order valence-electron chi connectivity index (χ0n) is 11.8. The molecule has 4 N–H and O–H groups in total. The van der Waals surface area contributed by atoms with E-state index >= 15 is 0 Å². The number of benzene rings is 1. The number of urea groups is 1. The van der Waals surface area contributed by atoms with Crippen LogP contribution in [0.5, 0.6) is 0 Å². The van der Waals surface area contributed by atoms with Gasteiger partial charge in [0.1, 0.15) is 0 Å². The second-order valence-corrected chi connectivity index (χ2v) is 5.71. The van der Waals surface area contributed by atoms with Crippen LogP contribution >= 0.6 is 11.6 Å². The summed E-state index contributed by atoms with van der Waals surface area (Å²) in [4.78, 5) is 14.0. The number of amides is 2. The van der Waals surface area contributed by atoms with Gasteiger partial charge in [-0.05, 0) is 37.0 Å². The van der Waals surface area contributed by atoms with E-state index in [1.54, 1.807) is 23.1 Å². The number of likely N-dealkylation sites (tertiary alicyclic amines) is 1. The van der Waals surface area contributed by atoms with Gasteiger partial charge in [0, 0.05) is 18.7 Å². The summed E-state index contributed by atoms with van der Waals surface area (Å²) < 4.78 is 0. The molecule has 2 rings (SSSR count). The fourth-order valence-electron chi connectivity index (χ4n) is 2.40. The minimum atomic E-state index is -0.153. The molecule has 0 bridgehead atoms. The number of carbonyl (C=O) groups is 1. The Morgan fingerprint density at radius 2 is 2.33 bits per heavy atom. The third-order valence-electron chi connectivity index (χ3n) is 3.56. The first-order valence-electron chi connectivity index (χ1n) is 6.84. The van der Waals surface area contributed by atoms with Crippen molar-refractivity contribution in [2.24, 2.45) is 16.8 Å². The number of nitrogens with one attached hydrogen (secondary N) is 1. The lowest BCUT2D eigenvalue weighted by atomic mass is 10.0. The molecule has 7 heteroatoms. The Balaban J connectivity index is 2.07. The van der Waals surface area contributed by atoms with Gasteiger partial charge in [-0.15, -0.1) is 0 Å². The molecule has 0 aromatic heterocycles. The highest BCUT2D eigenvalue weighted by Gasteiger charge is 2.21. The highest BCUT2D eigenvalue weighted by molar-refractivity contribution is 6.34. The number of oxime groups is 1. The summed E-state index contributed by atoms with van der Waals surface area (Å²) in [5.41, 5.74) is 6.49. The minimum Gasteiger partial charge on any atom is -0.409 e. The summed E-state index contributed by atoms with van der Waals surface area (Å²) in [5, 5.41) is 14.7. The first kappa shape index (κ1) is 15.4. The summed E-state index contributed by atoms with van der Waals surface area (Å²) in [7, 11) is 0. The van der Waals surface area contributed by atoms with Crippen molar-refractivity contribution in [2.75, 3.05) is 18.4 Å². The predicted octanol–water partition coefficient (Wildman–Crippen LogP) is 2.70. The third-order valence-corrected chi connectivity index (χ3v) is 3.87. The van der Waals surface area contributed by atoms with E-state index in [0.29, 0.717) is 22.2 Å². The molecule has 6 nitrogen and oxygen atoms in total. The average Bonchev–Trinajstić information content (AvgIpc) is 2.48. The summed E-state index contributed by atoms with van der Waals surface area (Å²) in [5.74, 6) is 0.488. The zero-order valence-corrected chi connectivity index (χ0v) is 12.6. The molecule has 1 aromatic rings. The van der Waals surface area contributed by atoms with Crippen LogP contribution in [0.15, 0.2) is 23.4 Å². The molecule has 1 unspecified atom stereocenters. The summed E-state index contributed by atoms with van der Waals surface area (Å²) >= 11 is 6.12. The SMILES string of the molecule is CC1CCCN(C(=O)Nc2ccc(/C(N)=N/O)cc2Cl)C1. The van der Waals surface area contributed by atoms with Crippen LogP contribution in [0.2, 0.25) is 5.02 Å². The second kappa shape index (κ2) is 6.67. The first-order chi connectivity index (χ1) is 10.0. The van der Waals surface area contributed by atoms with E-state index in [1.165, 1.54) is 0 Å². The zero-order chi connectivity index (χ0) is 15.4. The van der Waals surface area contributed by atoms with Gasteiger partial charge in [0.05, 0.1) is 10.7 Å². The van der Waals surface area contributed by atoms with E-state index in [0.717, 1.165) is 25.9 Å². The number of nitrogens with two attached hydrogens (primary N) is 1. The minimum absolute atomic E-state index is 0.0281. The highest BCUT2D eigenvalue weighted by atomic mass is 35.5. The number of carbonyl (C=O) groups excluding carboxylic acids is 1. The fourth-order valence-corrected chi connectivity index (χ4v) is 2.63. The van der Waals surface area contributed by atoms with Crippen molar-refractivity contribution in [3.05, 3.63) is 28.8 Å². The van der Waals surface area contributed by atoms with Crippen molar-refractivity contribution >= 4 is 29.2 Å². The van der Waals surface area contributed by atoms with Crippen LogP contribution in [0.25, 0.3) is 0 Å². The fraction of sp³-hybridized carbons (Fsp3) is 0.429. The lowest BCUT2D eigenvalue weighted by molar-refractivity contribution is 0.182. The van der Waals surface area contributed by atoms with Crippen molar-refractivity contribution in [3.8, 4) is 0 Å². The standard InChI is InChI=1S/C14H19ClN4O2/c1-9-3-2-6-19(8-9)14(20)17-12-5-4-10(7-11(12)15)13(16)18-21/h4-5,7,9,21H,2-3,6,8H2,1H3,(H2,16,18)(H,17,20). The molecule has 1 aliphatic rings. The van der Waals surface area contributed by atoms with Gasteiger partial charge in [-0.2, -0.15) is 0 Å². The molecule has 114 valence electrons. The van der Waals surface area contributed by atoms with Crippen molar-refractivity contribution in [1.29, 1.82) is 0 Å². The van der Waals surface area contributed by atoms with Crippen LogP contribution in [-0.2, 0) is 0 Å². The van der Waals surface area contributed by atoms with Gasteiger partial charge < -0.3 is 21.2 Å². The van der Waals surface area contributed by atoms with E-state index in [4.69, 9.17) is 22.5 Å². The first-order valence-corrected chi connectivity index (χ1v) is 7.22. The number of nitrogens with zero attached hydrogens (tertiary/aromatic N) is 2. The molecule has 1 saturated heterocycles. The van der Waals surface area contributed by atoms with Crippen LogP contribution in [0.1, 0.15) is 25.3 Å². The number of hydrogen-bond donors (Lipinski definition) is 3. The van der Waals surface area contributed by atoms with Gasteiger partial charge in [0.15, 0.2) is 5.84 Å². The number of anilines is 1. The van der Waals surface area contributed by atoms with E-state index in [9.17, 15) is 4.79 Å². The lowest BCUT2D eigenvalue weighted by Crippen LogP contribution is -2.41. The quantitative estimate of drug-likeness (QED) is 0.339. The third kappa shape index (κ3) is 3.78. The van der Waals surface area contributed by atoms with Gasteiger partial charge in [-0.3, -0.25) is 0 Å². The molecule has 1 aromatic carbocycles. The molecule has 0 spiro atoms. The number of halogens is 1. The van der Waals surface area contributed by atoms with Crippen molar-refractivity contribution in [1.82, 2.24) is 4.90 Å². The van der Waals surface area contributed by atoms with Gasteiger partial charge in [-0.25, -0.2) is 4.79 Å². The Morgan fingerprint density at radius 1 is 1.57 bits per heavy atom. The van der Waals surface area contributed by atoms with Crippen molar-refractivity contribution in [3.63, 3.8) is 0 Å². The molecule has 1 fully saturated rings. The maximum absolute atomic E-state index is 12.2.